The summed E-state index contributed by atoms with van der Waals surface area (Å²) in [4.78, 5) is 4.26. The molecule has 0 spiro atoms. The van der Waals surface area contributed by atoms with Crippen molar-refractivity contribution < 1.29 is 14.2 Å². The summed E-state index contributed by atoms with van der Waals surface area (Å²) in [6.07, 6.45) is -0.570. The van der Waals surface area contributed by atoms with E-state index < -0.39 is 6.10 Å². The van der Waals surface area contributed by atoms with Crippen molar-refractivity contribution in [3.8, 4) is 5.75 Å². The van der Waals surface area contributed by atoms with Gasteiger partial charge in [0.05, 0.1) is 5.69 Å². The Morgan fingerprint density at radius 3 is 2.30 bits per heavy atom. The van der Waals surface area contributed by atoms with Gasteiger partial charge in [-0.3, -0.25) is 4.90 Å². The number of hydrogen-bond acceptors (Lipinski definition) is 4. The summed E-state index contributed by atoms with van der Waals surface area (Å²) in [5.74, 6) is 0.612. The molecule has 0 bridgehead atoms. The van der Waals surface area contributed by atoms with E-state index in [1.165, 1.54) is 6.07 Å². The van der Waals surface area contributed by atoms with Gasteiger partial charge in [-0.05, 0) is 23.6 Å². The highest BCUT2D eigenvalue weighted by molar-refractivity contribution is 5.88. The Kier molecular flexibility index (Phi) is 9.18. The highest BCUT2D eigenvalue weighted by Gasteiger charge is 2.21. The Morgan fingerprint density at radius 2 is 1.53 bits per heavy atom. The summed E-state index contributed by atoms with van der Waals surface area (Å²) < 4.78 is 19.8. The van der Waals surface area contributed by atoms with Crippen molar-refractivity contribution in [3.05, 3.63) is 72.5 Å². The molecular formula is C23H27Cl2FN2O2. The van der Waals surface area contributed by atoms with Gasteiger partial charge in [-0.15, -0.1) is 24.8 Å². The fourth-order valence-corrected chi connectivity index (χ4v) is 3.74. The Balaban J connectivity index is 0.00000160. The number of aliphatic hydroxyl groups is 1. The van der Waals surface area contributed by atoms with Crippen molar-refractivity contribution in [3.63, 3.8) is 0 Å². The van der Waals surface area contributed by atoms with Crippen molar-refractivity contribution in [2.24, 2.45) is 0 Å². The quantitative estimate of drug-likeness (QED) is 0.601. The predicted octanol–water partition coefficient (Wildman–Crippen LogP) is 4.38. The lowest BCUT2D eigenvalue weighted by atomic mass is 10.1. The number of aliphatic hydroxyl groups excluding tert-OH is 1. The SMILES string of the molecule is Cl.Cl.OC(COc1cccc2ccccc12)CN1CCN(c2ccccc2F)CC1. The minimum atomic E-state index is -0.570. The van der Waals surface area contributed by atoms with Gasteiger partial charge >= 0.3 is 0 Å². The van der Waals surface area contributed by atoms with E-state index in [1.54, 1.807) is 6.07 Å². The topological polar surface area (TPSA) is 35.9 Å². The van der Waals surface area contributed by atoms with Crippen molar-refractivity contribution in [1.82, 2.24) is 4.90 Å². The molecular weight excluding hydrogens is 426 g/mol. The van der Waals surface area contributed by atoms with Crippen LogP contribution < -0.4 is 9.64 Å². The van der Waals surface area contributed by atoms with Crippen molar-refractivity contribution in [1.29, 1.82) is 0 Å². The van der Waals surface area contributed by atoms with E-state index in [9.17, 15) is 9.50 Å². The fourth-order valence-electron chi connectivity index (χ4n) is 3.74. The third-order valence-electron chi connectivity index (χ3n) is 5.22. The molecule has 1 atom stereocenters. The van der Waals surface area contributed by atoms with Crippen LogP contribution in [0.2, 0.25) is 0 Å². The van der Waals surface area contributed by atoms with Gasteiger partial charge < -0.3 is 14.7 Å². The van der Waals surface area contributed by atoms with Gasteiger partial charge in [0.2, 0.25) is 0 Å². The second-order valence-corrected chi connectivity index (χ2v) is 7.18. The standard InChI is InChI=1S/C23H25FN2O2.2ClH/c24-21-9-3-4-10-22(21)26-14-12-25(13-15-26)16-19(27)17-28-23-11-5-7-18-6-1-2-8-20(18)23;;/h1-11,19,27H,12-17H2;2*1H. The Bertz CT molecular complexity index is 930. The molecule has 162 valence electrons. The van der Waals surface area contributed by atoms with Gasteiger partial charge in [-0.1, -0.05) is 48.5 Å². The molecule has 3 aromatic rings. The molecule has 1 N–H and O–H groups in total. The molecule has 7 heteroatoms. The normalized spacial score (nSPS) is 15.2. The summed E-state index contributed by atoms with van der Waals surface area (Å²) in [5.41, 5.74) is 0.655. The van der Waals surface area contributed by atoms with E-state index in [0.29, 0.717) is 12.2 Å². The summed E-state index contributed by atoms with van der Waals surface area (Å²) in [5, 5.41) is 12.6. The number of para-hydroxylation sites is 1. The Morgan fingerprint density at radius 1 is 0.867 bits per heavy atom. The van der Waals surface area contributed by atoms with E-state index in [2.05, 4.69) is 9.80 Å². The zero-order chi connectivity index (χ0) is 19.3. The van der Waals surface area contributed by atoms with E-state index in [1.807, 2.05) is 54.6 Å². The number of benzene rings is 3. The number of fused-ring (bicyclic) bond motifs is 1. The van der Waals surface area contributed by atoms with Crippen LogP contribution in [0.15, 0.2) is 66.7 Å². The Labute approximate surface area is 189 Å². The van der Waals surface area contributed by atoms with E-state index in [0.717, 1.165) is 42.7 Å². The number of β-amino-alcohol motifs (C(OH)–C–C–N with tert-alkyl or cyclic N) is 1. The summed E-state index contributed by atoms with van der Waals surface area (Å²) in [7, 11) is 0. The number of piperazine rings is 1. The summed E-state index contributed by atoms with van der Waals surface area (Å²) in [6, 6.07) is 20.9. The largest absolute Gasteiger partial charge is 0.490 e. The molecule has 30 heavy (non-hydrogen) atoms. The Hall–Kier alpha value is -2.05. The van der Waals surface area contributed by atoms with Gasteiger partial charge in [0.15, 0.2) is 0 Å². The number of rotatable bonds is 6. The smallest absolute Gasteiger partial charge is 0.146 e. The molecule has 0 saturated carbocycles. The lowest BCUT2D eigenvalue weighted by molar-refractivity contribution is 0.0668. The lowest BCUT2D eigenvalue weighted by Crippen LogP contribution is -2.49. The molecule has 0 aliphatic carbocycles. The van der Waals surface area contributed by atoms with Gasteiger partial charge in [-0.25, -0.2) is 4.39 Å². The number of anilines is 1. The molecule has 4 nitrogen and oxygen atoms in total. The average Bonchev–Trinajstić information content (AvgIpc) is 2.73. The monoisotopic (exact) mass is 452 g/mol. The van der Waals surface area contributed by atoms with Crippen molar-refractivity contribution in [2.45, 2.75) is 6.10 Å². The second kappa shape index (κ2) is 11.4. The molecule has 1 unspecified atom stereocenters. The van der Waals surface area contributed by atoms with Gasteiger partial charge in [-0.2, -0.15) is 0 Å². The van der Waals surface area contributed by atoms with Crippen LogP contribution >= 0.6 is 24.8 Å². The summed E-state index contributed by atoms with van der Waals surface area (Å²) >= 11 is 0. The van der Waals surface area contributed by atoms with Gasteiger partial charge in [0.25, 0.3) is 0 Å². The molecule has 0 aromatic heterocycles. The predicted molar refractivity (Wildman–Crippen MR) is 125 cm³/mol. The average molecular weight is 453 g/mol. The molecule has 3 aromatic carbocycles. The lowest BCUT2D eigenvalue weighted by Gasteiger charge is -2.36. The number of nitrogens with zero attached hydrogens (tertiary/aromatic N) is 2. The van der Waals surface area contributed by atoms with Gasteiger partial charge in [0, 0.05) is 38.1 Å². The molecule has 1 aliphatic rings. The highest BCUT2D eigenvalue weighted by atomic mass is 35.5. The van der Waals surface area contributed by atoms with E-state index >= 15 is 0 Å². The zero-order valence-electron chi connectivity index (χ0n) is 16.6. The number of ether oxygens (including phenoxy) is 1. The maximum atomic E-state index is 13.9. The number of hydrogen-bond donors (Lipinski definition) is 1. The fraction of sp³-hybridized carbons (Fsp3) is 0.304. The molecule has 0 amide bonds. The van der Waals surface area contributed by atoms with Crippen LogP contribution in [0.4, 0.5) is 10.1 Å². The van der Waals surface area contributed by atoms with Gasteiger partial charge in [0.1, 0.15) is 24.3 Å². The molecule has 1 heterocycles. The van der Waals surface area contributed by atoms with Crippen LogP contribution in [-0.4, -0.2) is 55.4 Å². The molecule has 1 aliphatic heterocycles. The van der Waals surface area contributed by atoms with E-state index in [4.69, 9.17) is 4.74 Å². The van der Waals surface area contributed by atoms with Crippen LogP contribution in [0.1, 0.15) is 0 Å². The maximum Gasteiger partial charge on any atom is 0.146 e. The van der Waals surface area contributed by atoms with Crippen LogP contribution in [0, 0.1) is 5.82 Å². The second-order valence-electron chi connectivity index (χ2n) is 7.18. The molecule has 0 radical (unpaired) electrons. The van der Waals surface area contributed by atoms with Crippen LogP contribution in [0.25, 0.3) is 10.8 Å². The summed E-state index contributed by atoms with van der Waals surface area (Å²) in [6.45, 7) is 3.88. The van der Waals surface area contributed by atoms with Crippen molar-refractivity contribution in [2.75, 3.05) is 44.2 Å². The van der Waals surface area contributed by atoms with Crippen molar-refractivity contribution >= 4 is 41.3 Å². The molecule has 1 fully saturated rings. The molecule has 1 saturated heterocycles. The zero-order valence-corrected chi connectivity index (χ0v) is 18.2. The van der Waals surface area contributed by atoms with E-state index in [-0.39, 0.29) is 37.2 Å². The first-order valence-electron chi connectivity index (χ1n) is 9.71. The first kappa shape index (κ1) is 24.2. The molecule has 4 rings (SSSR count). The first-order chi connectivity index (χ1) is 13.7. The minimum absolute atomic E-state index is 0. The number of halogens is 3. The minimum Gasteiger partial charge on any atom is -0.490 e. The van der Waals surface area contributed by atoms with Crippen LogP contribution in [0.3, 0.4) is 0 Å². The first-order valence-corrected chi connectivity index (χ1v) is 9.71. The van der Waals surface area contributed by atoms with Crippen LogP contribution in [0.5, 0.6) is 5.75 Å². The highest BCUT2D eigenvalue weighted by Crippen LogP contribution is 2.25. The maximum absolute atomic E-state index is 13.9. The third kappa shape index (κ3) is 5.76. The third-order valence-corrected chi connectivity index (χ3v) is 5.22. The van der Waals surface area contributed by atoms with Crippen LogP contribution in [-0.2, 0) is 0 Å².